The number of hydrogen-bond acceptors (Lipinski definition) is 6. The van der Waals surface area contributed by atoms with Crippen molar-refractivity contribution < 1.29 is 14.2 Å². The van der Waals surface area contributed by atoms with Crippen LogP contribution in [0.15, 0.2) is 18.2 Å². The van der Waals surface area contributed by atoms with Crippen molar-refractivity contribution in [3.05, 3.63) is 28.9 Å². The molecule has 6 nitrogen and oxygen atoms in total. The molecule has 1 aromatic heterocycles. The largest absolute Gasteiger partial charge is 0.476 e. The lowest BCUT2D eigenvalue weighted by molar-refractivity contribution is 0.174. The van der Waals surface area contributed by atoms with Crippen molar-refractivity contribution in [2.75, 3.05) is 25.8 Å². The molecule has 7 heteroatoms. The van der Waals surface area contributed by atoms with E-state index in [1.54, 1.807) is 13.1 Å². The molecule has 1 aliphatic heterocycles. The zero-order valence-electron chi connectivity index (χ0n) is 12.6. The summed E-state index contributed by atoms with van der Waals surface area (Å²) in [6.07, 6.45) is 0. The molecule has 0 bridgehead atoms. The van der Waals surface area contributed by atoms with Crippen molar-refractivity contribution >= 4 is 17.3 Å². The van der Waals surface area contributed by atoms with Crippen LogP contribution in [0.1, 0.15) is 12.5 Å². The molecule has 2 heterocycles. The number of benzene rings is 1. The van der Waals surface area contributed by atoms with Gasteiger partial charge in [-0.1, -0.05) is 17.7 Å². The third-order valence-electron chi connectivity index (χ3n) is 3.42. The first-order valence-electron chi connectivity index (χ1n) is 7.03. The van der Waals surface area contributed by atoms with Gasteiger partial charge in [0.1, 0.15) is 11.8 Å². The first kappa shape index (κ1) is 15.3. The Morgan fingerprint density at radius 2 is 2.17 bits per heavy atom. The fraction of sp³-hybridized carbons (Fsp3) is 0.250. The van der Waals surface area contributed by atoms with E-state index in [-0.39, 0.29) is 17.5 Å². The van der Waals surface area contributed by atoms with E-state index in [2.05, 4.69) is 16.4 Å². The van der Waals surface area contributed by atoms with Crippen LogP contribution < -0.4 is 19.5 Å². The van der Waals surface area contributed by atoms with Crippen molar-refractivity contribution in [3.63, 3.8) is 0 Å². The average Bonchev–Trinajstić information content (AvgIpc) is 3.02. The molecule has 0 fully saturated rings. The number of halogens is 1. The monoisotopic (exact) mass is 331 g/mol. The number of hydrogen-bond donors (Lipinski definition) is 1. The molecule has 1 aromatic carbocycles. The van der Waals surface area contributed by atoms with E-state index in [0.29, 0.717) is 35.2 Å². The predicted octanol–water partition coefficient (Wildman–Crippen LogP) is 3.44. The number of rotatable bonds is 4. The van der Waals surface area contributed by atoms with Gasteiger partial charge in [0.15, 0.2) is 16.7 Å². The zero-order valence-corrected chi connectivity index (χ0v) is 13.4. The third kappa shape index (κ3) is 2.60. The first-order chi connectivity index (χ1) is 11.2. The molecule has 0 amide bonds. The molecular weight excluding hydrogens is 318 g/mol. The highest BCUT2D eigenvalue weighted by Crippen LogP contribution is 2.43. The lowest BCUT2D eigenvalue weighted by Gasteiger charge is -2.16. The molecule has 3 rings (SSSR count). The van der Waals surface area contributed by atoms with E-state index < -0.39 is 0 Å². The Bertz CT molecular complexity index is 802. The number of ether oxygens (including phenoxy) is 3. The fourth-order valence-corrected chi connectivity index (χ4v) is 2.67. The number of nitrogens with zero attached hydrogens (tertiary/aromatic N) is 2. The maximum Gasteiger partial charge on any atom is 0.239 e. The summed E-state index contributed by atoms with van der Waals surface area (Å²) >= 11 is 6.17. The minimum Gasteiger partial charge on any atom is -0.476 e. The van der Waals surface area contributed by atoms with Crippen LogP contribution in [0.25, 0.3) is 11.1 Å². The normalized spacial score (nSPS) is 11.9. The molecule has 0 saturated heterocycles. The van der Waals surface area contributed by atoms with E-state index >= 15 is 0 Å². The van der Waals surface area contributed by atoms with Gasteiger partial charge in [0.2, 0.25) is 12.7 Å². The van der Waals surface area contributed by atoms with Crippen molar-refractivity contribution in [3.8, 4) is 34.6 Å². The smallest absolute Gasteiger partial charge is 0.239 e. The number of pyridine rings is 1. The van der Waals surface area contributed by atoms with Gasteiger partial charge in [0.05, 0.1) is 12.2 Å². The van der Waals surface area contributed by atoms with Crippen LogP contribution in [0.2, 0.25) is 5.15 Å². The summed E-state index contributed by atoms with van der Waals surface area (Å²) in [4.78, 5) is 4.17. The van der Waals surface area contributed by atoms with Gasteiger partial charge in [-0.25, -0.2) is 0 Å². The summed E-state index contributed by atoms with van der Waals surface area (Å²) < 4.78 is 16.3. The van der Waals surface area contributed by atoms with Crippen molar-refractivity contribution in [2.45, 2.75) is 6.92 Å². The van der Waals surface area contributed by atoms with Gasteiger partial charge in [-0.3, -0.25) is 0 Å². The van der Waals surface area contributed by atoms with Gasteiger partial charge in [0.25, 0.3) is 0 Å². The Hall–Kier alpha value is -2.65. The molecule has 0 saturated carbocycles. The molecule has 23 heavy (non-hydrogen) atoms. The second kappa shape index (κ2) is 6.23. The maximum atomic E-state index is 9.50. The zero-order chi connectivity index (χ0) is 16.4. The van der Waals surface area contributed by atoms with E-state index in [1.165, 1.54) is 0 Å². The third-order valence-corrected chi connectivity index (χ3v) is 3.70. The predicted molar refractivity (Wildman–Crippen MR) is 86.2 cm³/mol. The van der Waals surface area contributed by atoms with E-state index in [9.17, 15) is 5.26 Å². The number of aromatic nitrogens is 1. The summed E-state index contributed by atoms with van der Waals surface area (Å²) in [6.45, 7) is 2.47. The second-order valence-corrected chi connectivity index (χ2v) is 5.05. The van der Waals surface area contributed by atoms with Gasteiger partial charge in [-0.2, -0.15) is 10.2 Å². The highest BCUT2D eigenvalue weighted by molar-refractivity contribution is 6.31. The Morgan fingerprint density at radius 1 is 1.39 bits per heavy atom. The highest BCUT2D eigenvalue weighted by Gasteiger charge is 2.23. The van der Waals surface area contributed by atoms with Crippen LogP contribution in [0.3, 0.4) is 0 Å². The Kier molecular flexibility index (Phi) is 4.13. The summed E-state index contributed by atoms with van der Waals surface area (Å²) in [6, 6.07) is 7.57. The topological polar surface area (TPSA) is 76.4 Å². The Balaban J connectivity index is 2.26. The SMILES string of the molecule is CCOc1nc(Cl)c(C#N)c(-c2ccc3c(c2)OCO3)c1NC. The summed E-state index contributed by atoms with van der Waals surface area (Å²) in [5.74, 6) is 1.65. The Labute approximate surface area is 138 Å². The number of anilines is 1. The minimum atomic E-state index is 0.0996. The summed E-state index contributed by atoms with van der Waals surface area (Å²) in [5.41, 5.74) is 2.27. The van der Waals surface area contributed by atoms with E-state index in [0.717, 1.165) is 5.56 Å². The summed E-state index contributed by atoms with van der Waals surface area (Å²) in [7, 11) is 1.74. The van der Waals surface area contributed by atoms with Crippen LogP contribution in [0.4, 0.5) is 5.69 Å². The van der Waals surface area contributed by atoms with Crippen LogP contribution >= 0.6 is 11.6 Å². The highest BCUT2D eigenvalue weighted by atomic mass is 35.5. The number of nitriles is 1. The van der Waals surface area contributed by atoms with Crippen LogP contribution in [0.5, 0.6) is 17.4 Å². The quantitative estimate of drug-likeness (QED) is 0.865. The number of fused-ring (bicyclic) bond motifs is 1. The van der Waals surface area contributed by atoms with E-state index in [1.807, 2.05) is 19.1 Å². The lowest BCUT2D eigenvalue weighted by Crippen LogP contribution is -2.04. The first-order valence-corrected chi connectivity index (χ1v) is 7.41. The average molecular weight is 332 g/mol. The van der Waals surface area contributed by atoms with Crippen molar-refractivity contribution in [2.24, 2.45) is 0 Å². The minimum absolute atomic E-state index is 0.0996. The standard InChI is InChI=1S/C16H14ClN3O3/c1-3-21-16-14(19-2)13(10(7-18)15(17)20-16)9-4-5-11-12(6-9)23-8-22-11/h4-6,19H,3,8H2,1-2H3. The van der Waals surface area contributed by atoms with Gasteiger partial charge in [-0.15, -0.1) is 0 Å². The molecule has 0 aliphatic carbocycles. The Morgan fingerprint density at radius 3 is 2.87 bits per heavy atom. The second-order valence-electron chi connectivity index (χ2n) is 4.70. The van der Waals surface area contributed by atoms with Gasteiger partial charge in [-0.05, 0) is 24.6 Å². The molecule has 1 aliphatic rings. The lowest BCUT2D eigenvalue weighted by atomic mass is 9.99. The molecule has 1 N–H and O–H groups in total. The van der Waals surface area contributed by atoms with Crippen LogP contribution in [-0.4, -0.2) is 25.4 Å². The summed E-state index contributed by atoms with van der Waals surface area (Å²) in [5, 5.41) is 12.6. The van der Waals surface area contributed by atoms with E-state index in [4.69, 9.17) is 25.8 Å². The molecule has 0 atom stereocenters. The molecule has 0 unspecified atom stereocenters. The van der Waals surface area contributed by atoms with Gasteiger partial charge in [0, 0.05) is 12.6 Å². The van der Waals surface area contributed by atoms with Gasteiger partial charge >= 0.3 is 0 Å². The van der Waals surface area contributed by atoms with Crippen molar-refractivity contribution in [1.29, 1.82) is 5.26 Å². The van der Waals surface area contributed by atoms with Crippen molar-refractivity contribution in [1.82, 2.24) is 4.98 Å². The molecule has 2 aromatic rings. The number of nitrogens with one attached hydrogen (secondary N) is 1. The fourth-order valence-electron chi connectivity index (χ4n) is 2.45. The molecule has 0 spiro atoms. The molecular formula is C16H14ClN3O3. The molecule has 0 radical (unpaired) electrons. The van der Waals surface area contributed by atoms with Crippen LogP contribution in [0, 0.1) is 11.3 Å². The molecule has 118 valence electrons. The maximum absolute atomic E-state index is 9.50. The van der Waals surface area contributed by atoms with Gasteiger partial charge < -0.3 is 19.5 Å². The van der Waals surface area contributed by atoms with Crippen LogP contribution in [-0.2, 0) is 0 Å².